The Labute approximate surface area is 137 Å². The fourth-order valence-electron chi connectivity index (χ4n) is 2.33. The van der Waals surface area contributed by atoms with Gasteiger partial charge in [0.05, 0.1) is 0 Å². The largest absolute Gasteiger partial charge is 0.355 e. The number of amides is 1. The van der Waals surface area contributed by atoms with Crippen LogP contribution in [0.3, 0.4) is 0 Å². The van der Waals surface area contributed by atoms with Crippen LogP contribution >= 0.6 is 0 Å². The first-order valence-electron chi connectivity index (χ1n) is 7.68. The summed E-state index contributed by atoms with van der Waals surface area (Å²) in [5.41, 5.74) is 4.67. The Morgan fingerprint density at radius 2 is 1.78 bits per heavy atom. The predicted molar refractivity (Wildman–Crippen MR) is 94.3 cm³/mol. The second-order valence-electron chi connectivity index (χ2n) is 5.99. The van der Waals surface area contributed by atoms with Crippen LogP contribution in [0.15, 0.2) is 36.5 Å². The molecule has 0 fully saturated rings. The van der Waals surface area contributed by atoms with Crippen molar-refractivity contribution in [1.82, 2.24) is 15.2 Å². The molecule has 1 aromatic carbocycles. The quantitative estimate of drug-likeness (QED) is 0.861. The predicted octanol–water partition coefficient (Wildman–Crippen LogP) is 2.73. The minimum absolute atomic E-state index is 0.157. The molecule has 0 spiro atoms. The highest BCUT2D eigenvalue weighted by atomic mass is 16.1. The van der Waals surface area contributed by atoms with Gasteiger partial charge in [-0.15, -0.1) is 0 Å². The standard InChI is InChI=1S/C18H24N4O/c1-13-9-14(2)11-16(10-13)21-15-5-6-19-17(12-15)18(23)20-7-8-22(3)4/h5-6,9-12H,7-8H2,1-4H3,(H,19,21)(H,20,23). The monoisotopic (exact) mass is 312 g/mol. The molecule has 0 atom stereocenters. The lowest BCUT2D eigenvalue weighted by Crippen LogP contribution is -2.31. The Bertz CT molecular complexity index is 662. The molecule has 0 unspecified atom stereocenters. The number of likely N-dealkylation sites (N-methyl/N-ethyl adjacent to an activating group) is 1. The maximum Gasteiger partial charge on any atom is 0.269 e. The van der Waals surface area contributed by atoms with Crippen molar-refractivity contribution in [3.8, 4) is 0 Å². The second-order valence-corrected chi connectivity index (χ2v) is 5.99. The maximum atomic E-state index is 12.1. The van der Waals surface area contributed by atoms with E-state index >= 15 is 0 Å². The van der Waals surface area contributed by atoms with Gasteiger partial charge in [-0.2, -0.15) is 0 Å². The summed E-state index contributed by atoms with van der Waals surface area (Å²) in [7, 11) is 3.94. The number of nitrogens with zero attached hydrogens (tertiary/aromatic N) is 2. The lowest BCUT2D eigenvalue weighted by Gasteiger charge is -2.11. The van der Waals surface area contributed by atoms with Crippen LogP contribution in [0.1, 0.15) is 21.6 Å². The summed E-state index contributed by atoms with van der Waals surface area (Å²) in [6.07, 6.45) is 1.64. The molecule has 0 bridgehead atoms. The highest BCUT2D eigenvalue weighted by Gasteiger charge is 2.08. The Hall–Kier alpha value is -2.40. The van der Waals surface area contributed by atoms with Gasteiger partial charge in [0, 0.05) is 30.7 Å². The first-order chi connectivity index (χ1) is 10.9. The lowest BCUT2D eigenvalue weighted by atomic mass is 10.1. The van der Waals surface area contributed by atoms with Gasteiger partial charge in [0.2, 0.25) is 0 Å². The molecule has 0 aliphatic heterocycles. The average Bonchev–Trinajstić information content (AvgIpc) is 2.46. The number of nitrogens with one attached hydrogen (secondary N) is 2. The number of rotatable bonds is 6. The number of aryl methyl sites for hydroxylation is 2. The first kappa shape index (κ1) is 17.0. The number of aromatic nitrogens is 1. The highest BCUT2D eigenvalue weighted by molar-refractivity contribution is 5.93. The van der Waals surface area contributed by atoms with Crippen molar-refractivity contribution in [2.24, 2.45) is 0 Å². The number of hydrogen-bond donors (Lipinski definition) is 2. The summed E-state index contributed by atoms with van der Waals surface area (Å²) in [6, 6.07) is 9.90. The number of hydrogen-bond acceptors (Lipinski definition) is 4. The molecule has 0 saturated carbocycles. The van der Waals surface area contributed by atoms with E-state index in [4.69, 9.17) is 0 Å². The van der Waals surface area contributed by atoms with Crippen LogP contribution in [0.5, 0.6) is 0 Å². The van der Waals surface area contributed by atoms with Gasteiger partial charge in [0.1, 0.15) is 5.69 Å². The van der Waals surface area contributed by atoms with E-state index in [9.17, 15) is 4.79 Å². The van der Waals surface area contributed by atoms with Crippen LogP contribution in [-0.2, 0) is 0 Å². The molecule has 0 radical (unpaired) electrons. The van der Waals surface area contributed by atoms with Crippen molar-refractivity contribution in [3.05, 3.63) is 53.3 Å². The molecule has 0 aliphatic carbocycles. The number of carbonyl (C=O) groups is 1. The molecule has 23 heavy (non-hydrogen) atoms. The van der Waals surface area contributed by atoms with Gasteiger partial charge >= 0.3 is 0 Å². The Kier molecular flexibility index (Phi) is 5.71. The van der Waals surface area contributed by atoms with Crippen molar-refractivity contribution in [1.29, 1.82) is 0 Å². The van der Waals surface area contributed by atoms with E-state index in [2.05, 4.69) is 47.7 Å². The van der Waals surface area contributed by atoms with Gasteiger partial charge in [-0.25, -0.2) is 0 Å². The molecule has 5 heteroatoms. The van der Waals surface area contributed by atoms with E-state index in [0.717, 1.165) is 17.9 Å². The fraction of sp³-hybridized carbons (Fsp3) is 0.333. The van der Waals surface area contributed by atoms with E-state index in [0.29, 0.717) is 12.2 Å². The summed E-state index contributed by atoms with van der Waals surface area (Å²) in [5, 5.41) is 6.20. The zero-order valence-electron chi connectivity index (χ0n) is 14.2. The molecule has 0 saturated heterocycles. The molecular weight excluding hydrogens is 288 g/mol. The fourth-order valence-corrected chi connectivity index (χ4v) is 2.33. The Morgan fingerprint density at radius 3 is 2.43 bits per heavy atom. The van der Waals surface area contributed by atoms with E-state index < -0.39 is 0 Å². The molecule has 0 aliphatic rings. The van der Waals surface area contributed by atoms with Crippen LogP contribution in [0.25, 0.3) is 0 Å². The van der Waals surface area contributed by atoms with E-state index in [1.54, 1.807) is 12.3 Å². The van der Waals surface area contributed by atoms with Crippen molar-refractivity contribution in [2.75, 3.05) is 32.5 Å². The van der Waals surface area contributed by atoms with Crippen molar-refractivity contribution in [2.45, 2.75) is 13.8 Å². The molecule has 5 nitrogen and oxygen atoms in total. The summed E-state index contributed by atoms with van der Waals surface area (Å²) in [6.45, 7) is 5.52. The number of anilines is 2. The SMILES string of the molecule is Cc1cc(C)cc(Nc2ccnc(C(=O)NCCN(C)C)c2)c1. The third-order valence-electron chi connectivity index (χ3n) is 3.35. The average molecular weight is 312 g/mol. The van der Waals surface area contributed by atoms with E-state index in [1.807, 2.05) is 25.1 Å². The van der Waals surface area contributed by atoms with Gasteiger partial charge < -0.3 is 15.5 Å². The lowest BCUT2D eigenvalue weighted by molar-refractivity contribution is 0.0946. The molecule has 2 aromatic rings. The first-order valence-corrected chi connectivity index (χ1v) is 7.68. The van der Waals surface area contributed by atoms with Crippen LogP contribution in [0.2, 0.25) is 0 Å². The van der Waals surface area contributed by atoms with Gasteiger partial charge in [-0.3, -0.25) is 9.78 Å². The third-order valence-corrected chi connectivity index (χ3v) is 3.35. The number of benzene rings is 1. The van der Waals surface area contributed by atoms with Crippen LogP contribution in [0.4, 0.5) is 11.4 Å². The molecule has 1 aromatic heterocycles. The van der Waals surface area contributed by atoms with Gasteiger partial charge in [0.15, 0.2) is 0 Å². The summed E-state index contributed by atoms with van der Waals surface area (Å²) >= 11 is 0. The van der Waals surface area contributed by atoms with Gasteiger partial charge in [-0.1, -0.05) is 6.07 Å². The molecule has 2 N–H and O–H groups in total. The summed E-state index contributed by atoms with van der Waals surface area (Å²) < 4.78 is 0. The van der Waals surface area contributed by atoms with E-state index in [-0.39, 0.29) is 5.91 Å². The van der Waals surface area contributed by atoms with Crippen molar-refractivity contribution in [3.63, 3.8) is 0 Å². The summed E-state index contributed by atoms with van der Waals surface area (Å²) in [4.78, 5) is 18.3. The van der Waals surface area contributed by atoms with Crippen LogP contribution < -0.4 is 10.6 Å². The Balaban J connectivity index is 2.05. The normalized spacial score (nSPS) is 10.7. The minimum atomic E-state index is -0.157. The second kappa shape index (κ2) is 7.74. The third kappa shape index (κ3) is 5.38. The topological polar surface area (TPSA) is 57.3 Å². The smallest absolute Gasteiger partial charge is 0.269 e. The number of pyridine rings is 1. The summed E-state index contributed by atoms with van der Waals surface area (Å²) in [5.74, 6) is -0.157. The van der Waals surface area contributed by atoms with Crippen molar-refractivity contribution >= 4 is 17.3 Å². The molecule has 122 valence electrons. The van der Waals surface area contributed by atoms with Crippen LogP contribution in [-0.4, -0.2) is 43.0 Å². The zero-order valence-corrected chi connectivity index (χ0v) is 14.2. The minimum Gasteiger partial charge on any atom is -0.355 e. The molecular formula is C18H24N4O. The zero-order chi connectivity index (χ0) is 16.8. The molecule has 1 amide bonds. The molecule has 2 rings (SSSR count). The van der Waals surface area contributed by atoms with Gasteiger partial charge in [0.25, 0.3) is 5.91 Å². The number of carbonyl (C=O) groups excluding carboxylic acids is 1. The van der Waals surface area contributed by atoms with Crippen molar-refractivity contribution < 1.29 is 4.79 Å². The Morgan fingerprint density at radius 1 is 1.09 bits per heavy atom. The highest BCUT2D eigenvalue weighted by Crippen LogP contribution is 2.19. The van der Waals surface area contributed by atoms with Gasteiger partial charge in [-0.05, 0) is 63.3 Å². The maximum absolute atomic E-state index is 12.1. The molecule has 1 heterocycles. The van der Waals surface area contributed by atoms with Crippen LogP contribution in [0, 0.1) is 13.8 Å². The van der Waals surface area contributed by atoms with E-state index in [1.165, 1.54) is 11.1 Å².